The van der Waals surface area contributed by atoms with Crippen LogP contribution in [0.3, 0.4) is 0 Å². The van der Waals surface area contributed by atoms with Crippen LogP contribution in [0, 0.1) is 0 Å². The third kappa shape index (κ3) is 11.6. The number of aliphatic imine (C=N–C) groups is 2. The number of nitrogens with two attached hydrogens (primary N) is 1. The summed E-state index contributed by atoms with van der Waals surface area (Å²) < 4.78 is 6.23. The van der Waals surface area contributed by atoms with Gasteiger partial charge in [0.05, 0.1) is 36.6 Å². The van der Waals surface area contributed by atoms with Crippen molar-refractivity contribution >= 4 is 47.7 Å². The first-order valence-corrected chi connectivity index (χ1v) is 15.9. The van der Waals surface area contributed by atoms with Gasteiger partial charge in [-0.15, -0.1) is 0 Å². The SMILES string of the molecule is CNC(=O)NCC1(O)CCN(Cc2cc(OC3=C/N=C/NCCN(CCC(N)=O)CC/N=C\3)nc(-c3cc(Cl)cc(Cl)c3)c2)CC1. The Hall–Kier alpha value is -3.75. The largest absolute Gasteiger partial charge is 0.436 e. The Kier molecular flexibility index (Phi) is 13.2. The molecule has 46 heavy (non-hydrogen) atoms. The lowest BCUT2D eigenvalue weighted by Gasteiger charge is -2.38. The predicted octanol–water partition coefficient (Wildman–Crippen LogP) is 2.41. The van der Waals surface area contributed by atoms with E-state index in [9.17, 15) is 14.7 Å². The molecule has 1 aromatic heterocycles. The number of likely N-dealkylation sites (tertiary alicyclic amines) is 1. The Balaban J connectivity index is 1.52. The van der Waals surface area contributed by atoms with Gasteiger partial charge in [-0.25, -0.2) is 14.8 Å². The molecule has 0 unspecified atom stereocenters. The summed E-state index contributed by atoms with van der Waals surface area (Å²) in [5.41, 5.74) is 6.66. The van der Waals surface area contributed by atoms with E-state index in [1.165, 1.54) is 0 Å². The van der Waals surface area contributed by atoms with Crippen LogP contribution in [0.15, 0.2) is 52.3 Å². The number of allylic oxidation sites excluding steroid dienone is 1. The van der Waals surface area contributed by atoms with Gasteiger partial charge in [0.2, 0.25) is 11.8 Å². The van der Waals surface area contributed by atoms with Crippen LogP contribution in [0.1, 0.15) is 24.8 Å². The van der Waals surface area contributed by atoms with Crippen LogP contribution in [0.2, 0.25) is 10.0 Å². The zero-order valence-electron chi connectivity index (χ0n) is 25.8. The van der Waals surface area contributed by atoms with Crippen molar-refractivity contribution in [1.82, 2.24) is 30.7 Å². The molecule has 2 aliphatic heterocycles. The molecular weight excluding hydrogens is 633 g/mol. The highest BCUT2D eigenvalue weighted by Crippen LogP contribution is 2.30. The Bertz CT molecular complexity index is 1420. The summed E-state index contributed by atoms with van der Waals surface area (Å²) in [6.07, 6.45) is 6.05. The Morgan fingerprint density at radius 3 is 2.57 bits per heavy atom. The van der Waals surface area contributed by atoms with Gasteiger partial charge in [0.1, 0.15) is 0 Å². The lowest BCUT2D eigenvalue weighted by Crippen LogP contribution is -2.51. The number of benzene rings is 1. The maximum atomic E-state index is 11.6. The van der Waals surface area contributed by atoms with Crippen molar-refractivity contribution in [3.8, 4) is 17.1 Å². The summed E-state index contributed by atoms with van der Waals surface area (Å²) in [6, 6.07) is 8.76. The molecule has 1 fully saturated rings. The van der Waals surface area contributed by atoms with Crippen LogP contribution in [-0.2, 0) is 11.3 Å². The van der Waals surface area contributed by atoms with Crippen molar-refractivity contribution in [2.45, 2.75) is 31.4 Å². The zero-order valence-corrected chi connectivity index (χ0v) is 27.4. The monoisotopic (exact) mass is 673 g/mol. The molecule has 0 aliphatic carbocycles. The summed E-state index contributed by atoms with van der Waals surface area (Å²) in [6.45, 7) is 5.10. The number of hydrogen-bond acceptors (Lipinski definition) is 10. The summed E-state index contributed by atoms with van der Waals surface area (Å²) in [4.78, 5) is 40.8. The first-order valence-electron chi connectivity index (χ1n) is 15.1. The van der Waals surface area contributed by atoms with Crippen LogP contribution >= 0.6 is 23.2 Å². The zero-order chi connectivity index (χ0) is 32.9. The fourth-order valence-corrected chi connectivity index (χ4v) is 5.59. The highest BCUT2D eigenvalue weighted by atomic mass is 35.5. The maximum Gasteiger partial charge on any atom is 0.314 e. The van der Waals surface area contributed by atoms with E-state index in [-0.39, 0.29) is 24.9 Å². The van der Waals surface area contributed by atoms with E-state index in [2.05, 4.69) is 35.7 Å². The van der Waals surface area contributed by atoms with E-state index < -0.39 is 5.60 Å². The minimum atomic E-state index is -0.966. The van der Waals surface area contributed by atoms with Gasteiger partial charge < -0.3 is 31.5 Å². The number of hydrogen-bond donors (Lipinski definition) is 5. The van der Waals surface area contributed by atoms with Gasteiger partial charge in [-0.1, -0.05) is 23.2 Å². The number of pyridine rings is 1. The quantitative estimate of drug-likeness (QED) is 0.256. The standard InChI is InChI=1S/C31H41Cl2N9O4/c1-35-30(44)39-20-31(45)3-8-42(9-4-31)19-22-12-27(23-14-24(32)16-25(33)15-23)40-29(13-22)46-26-17-36-5-10-41(7-2-28(34)43)11-6-37-21-38-18-26/h12-18,21,45H,2-11,19-20H2,1H3,(H2,34,43)(H,37,38)(H2,35,39,44)/b26-18+,36-17-. The fraction of sp³-hybridized carbons (Fsp3) is 0.452. The third-order valence-electron chi connectivity index (χ3n) is 7.62. The van der Waals surface area contributed by atoms with Crippen LogP contribution in [0.25, 0.3) is 11.3 Å². The lowest BCUT2D eigenvalue weighted by atomic mass is 9.91. The third-order valence-corrected chi connectivity index (χ3v) is 8.06. The smallest absolute Gasteiger partial charge is 0.314 e. The summed E-state index contributed by atoms with van der Waals surface area (Å²) >= 11 is 12.6. The molecule has 0 bridgehead atoms. The molecule has 1 aromatic carbocycles. The molecule has 13 nitrogen and oxygen atoms in total. The maximum absolute atomic E-state index is 11.6. The molecule has 1 saturated heterocycles. The fourth-order valence-electron chi connectivity index (χ4n) is 5.06. The number of primary amides is 1. The number of halogens is 2. The van der Waals surface area contributed by atoms with Gasteiger partial charge in [-0.2, -0.15) is 0 Å². The van der Waals surface area contributed by atoms with Crippen LogP contribution < -0.4 is 26.4 Å². The van der Waals surface area contributed by atoms with E-state index in [1.54, 1.807) is 44.0 Å². The van der Waals surface area contributed by atoms with Crippen molar-refractivity contribution in [2.24, 2.45) is 15.7 Å². The highest BCUT2D eigenvalue weighted by Gasteiger charge is 2.32. The molecule has 0 spiro atoms. The molecule has 0 atom stereocenters. The van der Waals surface area contributed by atoms with Gasteiger partial charge in [-0.3, -0.25) is 19.6 Å². The number of nitrogens with one attached hydrogen (secondary N) is 3. The number of carbonyl (C=O) groups excluding carboxylic acids is 2. The molecule has 3 amide bonds. The average Bonchev–Trinajstić information content (AvgIpc) is 3.01. The van der Waals surface area contributed by atoms with Crippen LogP contribution in [0.5, 0.6) is 5.88 Å². The van der Waals surface area contributed by atoms with Crippen molar-refractivity contribution in [1.29, 1.82) is 0 Å². The molecule has 4 rings (SSSR count). The number of rotatable bonds is 10. The van der Waals surface area contributed by atoms with E-state index in [0.717, 1.165) is 17.7 Å². The van der Waals surface area contributed by atoms with Gasteiger partial charge in [0.15, 0.2) is 5.76 Å². The van der Waals surface area contributed by atoms with Gasteiger partial charge in [0.25, 0.3) is 0 Å². The summed E-state index contributed by atoms with van der Waals surface area (Å²) in [7, 11) is 1.54. The Morgan fingerprint density at radius 1 is 1.09 bits per heavy atom. The van der Waals surface area contributed by atoms with Crippen molar-refractivity contribution < 1.29 is 19.4 Å². The number of urea groups is 1. The van der Waals surface area contributed by atoms with E-state index >= 15 is 0 Å². The number of piperidine rings is 1. The molecule has 248 valence electrons. The number of aliphatic hydroxyl groups is 1. The topological polar surface area (TPSA) is 170 Å². The highest BCUT2D eigenvalue weighted by molar-refractivity contribution is 6.35. The minimum absolute atomic E-state index is 0.188. The van der Waals surface area contributed by atoms with E-state index in [1.807, 2.05) is 12.1 Å². The van der Waals surface area contributed by atoms with Crippen LogP contribution in [0.4, 0.5) is 4.79 Å². The number of aromatic nitrogens is 1. The molecule has 0 radical (unpaired) electrons. The Labute approximate surface area is 278 Å². The van der Waals surface area contributed by atoms with Gasteiger partial charge >= 0.3 is 6.03 Å². The second kappa shape index (κ2) is 17.2. The van der Waals surface area contributed by atoms with Crippen LogP contribution in [-0.4, -0.2) is 109 Å². The molecule has 3 heterocycles. The number of ether oxygens (including phenoxy) is 1. The predicted molar refractivity (Wildman–Crippen MR) is 180 cm³/mol. The van der Waals surface area contributed by atoms with Gasteiger partial charge in [0, 0.05) is 87.5 Å². The van der Waals surface area contributed by atoms with E-state index in [0.29, 0.717) is 86.0 Å². The minimum Gasteiger partial charge on any atom is -0.436 e. The van der Waals surface area contributed by atoms with Crippen molar-refractivity contribution in [3.63, 3.8) is 0 Å². The molecular formula is C31H41Cl2N9O4. The summed E-state index contributed by atoms with van der Waals surface area (Å²) in [5.74, 6) is 0.380. The van der Waals surface area contributed by atoms with Crippen molar-refractivity contribution in [3.05, 3.63) is 57.9 Å². The lowest BCUT2D eigenvalue weighted by molar-refractivity contribution is -0.118. The number of carbonyl (C=O) groups is 2. The molecule has 15 heteroatoms. The molecule has 2 aliphatic rings. The summed E-state index contributed by atoms with van der Waals surface area (Å²) in [5, 5.41) is 20.3. The molecule has 2 aromatic rings. The molecule has 0 saturated carbocycles. The molecule has 6 N–H and O–H groups in total. The number of nitrogens with zero attached hydrogens (tertiary/aromatic N) is 5. The first-order chi connectivity index (χ1) is 22.1. The van der Waals surface area contributed by atoms with E-state index in [4.69, 9.17) is 38.7 Å². The second-order valence-corrected chi connectivity index (χ2v) is 12.1. The first kappa shape index (κ1) is 35.1. The Morgan fingerprint density at radius 2 is 1.85 bits per heavy atom. The normalized spacial score (nSPS) is 20.1. The van der Waals surface area contributed by atoms with Crippen molar-refractivity contribution in [2.75, 3.05) is 59.4 Å². The average molecular weight is 675 g/mol. The number of amides is 3. The van der Waals surface area contributed by atoms with Gasteiger partial charge in [-0.05, 0) is 42.7 Å². The second-order valence-electron chi connectivity index (χ2n) is 11.2.